The first-order valence-corrected chi connectivity index (χ1v) is 8.70. The van der Waals surface area contributed by atoms with E-state index >= 15 is 0 Å². The van der Waals surface area contributed by atoms with E-state index in [0.29, 0.717) is 12.2 Å². The fourth-order valence-electron chi connectivity index (χ4n) is 3.58. The molecule has 2 aliphatic heterocycles. The Morgan fingerprint density at radius 2 is 2.11 bits per heavy atom. The maximum absolute atomic E-state index is 12.7. The number of nitrogens with one attached hydrogen (secondary N) is 2. The number of anilines is 1. The van der Waals surface area contributed by atoms with Gasteiger partial charge in [0, 0.05) is 18.8 Å². The number of carbonyl (C=O) groups is 3. The summed E-state index contributed by atoms with van der Waals surface area (Å²) in [6.45, 7) is 4.01. The zero-order chi connectivity index (χ0) is 19.8. The van der Waals surface area contributed by atoms with Crippen molar-refractivity contribution >= 4 is 23.5 Å². The largest absolute Gasteiger partial charge is 0.466 e. The van der Waals surface area contributed by atoms with E-state index in [1.165, 1.54) is 12.0 Å². The van der Waals surface area contributed by atoms with E-state index in [-0.39, 0.29) is 42.8 Å². The van der Waals surface area contributed by atoms with Crippen LogP contribution in [0.5, 0.6) is 0 Å². The molecule has 0 aromatic heterocycles. The van der Waals surface area contributed by atoms with Crippen molar-refractivity contribution in [2.24, 2.45) is 0 Å². The molecule has 3 rings (SSSR count). The van der Waals surface area contributed by atoms with E-state index in [9.17, 15) is 14.4 Å². The van der Waals surface area contributed by atoms with E-state index < -0.39 is 11.4 Å². The third-order valence-electron chi connectivity index (χ3n) is 5.00. The van der Waals surface area contributed by atoms with Crippen molar-refractivity contribution in [3.8, 4) is 0 Å². The molecule has 0 fully saturated rings. The third-order valence-corrected chi connectivity index (χ3v) is 5.00. The van der Waals surface area contributed by atoms with Crippen LogP contribution in [0.2, 0.25) is 0 Å². The molecule has 0 unspecified atom stereocenters. The van der Waals surface area contributed by atoms with Gasteiger partial charge in [-0.3, -0.25) is 9.59 Å². The lowest BCUT2D eigenvalue weighted by Gasteiger charge is -2.34. The van der Waals surface area contributed by atoms with Crippen molar-refractivity contribution in [3.05, 3.63) is 40.6 Å². The number of aliphatic hydroxyl groups is 1. The summed E-state index contributed by atoms with van der Waals surface area (Å²) in [4.78, 5) is 38.6. The summed E-state index contributed by atoms with van der Waals surface area (Å²) in [5.41, 5.74) is 1.86. The number of hydrogen-bond donors (Lipinski definition) is 3. The first-order valence-electron chi connectivity index (χ1n) is 8.70. The Labute approximate surface area is 157 Å². The second-order valence-corrected chi connectivity index (χ2v) is 7.07. The van der Waals surface area contributed by atoms with Gasteiger partial charge >= 0.3 is 5.97 Å². The molecule has 2 amide bonds. The summed E-state index contributed by atoms with van der Waals surface area (Å²) in [6, 6.07) is 5.53. The van der Waals surface area contributed by atoms with Gasteiger partial charge in [0.1, 0.15) is 5.70 Å². The first kappa shape index (κ1) is 18.9. The average molecular weight is 373 g/mol. The highest BCUT2D eigenvalue weighted by Gasteiger charge is 2.39. The van der Waals surface area contributed by atoms with Crippen LogP contribution in [0.25, 0.3) is 0 Å². The molecule has 2 heterocycles. The third kappa shape index (κ3) is 3.16. The number of hydrogen-bond acceptors (Lipinski definition) is 6. The lowest BCUT2D eigenvalue weighted by molar-refractivity contribution is -0.136. The quantitative estimate of drug-likeness (QED) is 0.640. The molecule has 144 valence electrons. The molecule has 3 N–H and O–H groups in total. The normalized spacial score (nSPS) is 18.3. The maximum Gasteiger partial charge on any atom is 0.337 e. The number of rotatable bonds is 5. The molecule has 8 nitrogen and oxygen atoms in total. The van der Waals surface area contributed by atoms with Crippen LogP contribution in [-0.2, 0) is 31.1 Å². The number of nitrogens with zero attached hydrogens (tertiary/aromatic N) is 1. The van der Waals surface area contributed by atoms with Gasteiger partial charge in [0.15, 0.2) is 0 Å². The zero-order valence-corrected chi connectivity index (χ0v) is 15.6. The number of ether oxygens (including phenoxy) is 1. The minimum absolute atomic E-state index is 0.0628. The van der Waals surface area contributed by atoms with Gasteiger partial charge in [-0.1, -0.05) is 12.1 Å². The fraction of sp³-hybridized carbons (Fsp3) is 0.421. The van der Waals surface area contributed by atoms with Crippen LogP contribution in [0, 0.1) is 0 Å². The second kappa shape index (κ2) is 7.03. The van der Waals surface area contributed by atoms with Crippen molar-refractivity contribution in [2.45, 2.75) is 25.8 Å². The molecule has 2 aliphatic rings. The lowest BCUT2D eigenvalue weighted by atomic mass is 9.77. The van der Waals surface area contributed by atoms with E-state index in [1.807, 2.05) is 26.0 Å². The van der Waals surface area contributed by atoms with Gasteiger partial charge < -0.3 is 25.4 Å². The highest BCUT2D eigenvalue weighted by molar-refractivity contribution is 6.09. The molecular formula is C19H23N3O5. The summed E-state index contributed by atoms with van der Waals surface area (Å²) in [6.07, 6.45) is 0. The first-order chi connectivity index (χ1) is 12.8. The van der Waals surface area contributed by atoms with Crippen LogP contribution in [0.1, 0.15) is 25.0 Å². The van der Waals surface area contributed by atoms with Crippen LogP contribution < -0.4 is 10.6 Å². The SMILES string of the molecule is COC(=O)C1=C(Nc2cccc3c2C(C)(C)C(=O)NC3)C(=O)N(CCO)C1. The highest BCUT2D eigenvalue weighted by atomic mass is 16.5. The monoisotopic (exact) mass is 373 g/mol. The van der Waals surface area contributed by atoms with Gasteiger partial charge in [0.2, 0.25) is 5.91 Å². The molecule has 0 bridgehead atoms. The lowest BCUT2D eigenvalue weighted by Crippen LogP contribution is -2.45. The Balaban J connectivity index is 2.05. The summed E-state index contributed by atoms with van der Waals surface area (Å²) in [5.74, 6) is -1.10. The number of methoxy groups -OCH3 is 1. The summed E-state index contributed by atoms with van der Waals surface area (Å²) in [5, 5.41) is 15.1. The van der Waals surface area contributed by atoms with Gasteiger partial charge in [-0.25, -0.2) is 4.79 Å². The molecule has 0 aliphatic carbocycles. The fourth-order valence-corrected chi connectivity index (χ4v) is 3.58. The molecule has 0 atom stereocenters. The summed E-state index contributed by atoms with van der Waals surface area (Å²) >= 11 is 0. The number of benzene rings is 1. The molecule has 0 saturated carbocycles. The van der Waals surface area contributed by atoms with Crippen molar-refractivity contribution < 1.29 is 24.2 Å². The Hall–Kier alpha value is -2.87. The number of fused-ring (bicyclic) bond motifs is 1. The number of β-amino-alcohol motifs (C(OH)–C–C–N with tert-alkyl or cyclic N) is 1. The van der Waals surface area contributed by atoms with Gasteiger partial charge in [0.05, 0.1) is 31.2 Å². The van der Waals surface area contributed by atoms with E-state index in [0.717, 1.165) is 11.1 Å². The van der Waals surface area contributed by atoms with Crippen LogP contribution >= 0.6 is 0 Å². The molecule has 0 spiro atoms. The Bertz CT molecular complexity index is 844. The number of aliphatic hydroxyl groups excluding tert-OH is 1. The topological polar surface area (TPSA) is 108 Å². The minimum Gasteiger partial charge on any atom is -0.466 e. The van der Waals surface area contributed by atoms with Gasteiger partial charge in [-0.2, -0.15) is 0 Å². The van der Waals surface area contributed by atoms with E-state index in [2.05, 4.69) is 10.6 Å². The molecule has 8 heteroatoms. The molecule has 0 radical (unpaired) electrons. The number of amides is 2. The van der Waals surface area contributed by atoms with Crippen LogP contribution in [-0.4, -0.2) is 54.6 Å². The standard InChI is InChI=1S/C19H23N3O5/c1-19(2)14-11(9-20-18(19)26)5-4-6-13(14)21-15-12(17(25)27-3)10-22(7-8-23)16(15)24/h4-6,21,23H,7-10H2,1-3H3,(H,20,26). The van der Waals surface area contributed by atoms with E-state index in [4.69, 9.17) is 9.84 Å². The predicted octanol–water partition coefficient (Wildman–Crippen LogP) is 0.268. The second-order valence-electron chi connectivity index (χ2n) is 7.07. The van der Waals surface area contributed by atoms with Gasteiger partial charge in [0.25, 0.3) is 5.91 Å². The van der Waals surface area contributed by atoms with Crippen molar-refractivity contribution in [2.75, 3.05) is 32.1 Å². The van der Waals surface area contributed by atoms with Crippen molar-refractivity contribution in [1.29, 1.82) is 0 Å². The molecular weight excluding hydrogens is 350 g/mol. The molecule has 1 aromatic carbocycles. The van der Waals surface area contributed by atoms with Gasteiger partial charge in [-0.05, 0) is 31.0 Å². The smallest absolute Gasteiger partial charge is 0.337 e. The summed E-state index contributed by atoms with van der Waals surface area (Å²) in [7, 11) is 1.25. The highest BCUT2D eigenvalue weighted by Crippen LogP contribution is 2.37. The Morgan fingerprint density at radius 1 is 1.37 bits per heavy atom. The van der Waals surface area contributed by atoms with Crippen molar-refractivity contribution in [1.82, 2.24) is 10.2 Å². The summed E-state index contributed by atoms with van der Waals surface area (Å²) < 4.78 is 4.81. The predicted molar refractivity (Wildman–Crippen MR) is 97.6 cm³/mol. The average Bonchev–Trinajstić information content (AvgIpc) is 2.94. The van der Waals surface area contributed by atoms with Crippen LogP contribution in [0.3, 0.4) is 0 Å². The maximum atomic E-state index is 12.7. The Morgan fingerprint density at radius 3 is 2.78 bits per heavy atom. The minimum atomic E-state index is -0.796. The Kier molecular flexibility index (Phi) is 4.93. The van der Waals surface area contributed by atoms with Crippen LogP contribution in [0.15, 0.2) is 29.5 Å². The molecule has 0 saturated heterocycles. The molecule has 1 aromatic rings. The number of carbonyl (C=O) groups excluding carboxylic acids is 3. The zero-order valence-electron chi connectivity index (χ0n) is 15.6. The number of esters is 1. The van der Waals surface area contributed by atoms with E-state index in [1.54, 1.807) is 6.07 Å². The van der Waals surface area contributed by atoms with Gasteiger partial charge in [-0.15, -0.1) is 0 Å². The molecule has 27 heavy (non-hydrogen) atoms. The van der Waals surface area contributed by atoms with Crippen LogP contribution in [0.4, 0.5) is 5.69 Å². The van der Waals surface area contributed by atoms with Crippen molar-refractivity contribution in [3.63, 3.8) is 0 Å².